The van der Waals surface area contributed by atoms with Gasteiger partial charge in [-0.2, -0.15) is 0 Å². The van der Waals surface area contributed by atoms with E-state index in [0.717, 1.165) is 44.1 Å². The molecule has 1 atom stereocenters. The highest BCUT2D eigenvalue weighted by molar-refractivity contribution is 5.85. The largest absolute Gasteiger partial charge is 0.378 e. The van der Waals surface area contributed by atoms with Crippen LogP contribution >= 0.6 is 0 Å². The predicted octanol–water partition coefficient (Wildman–Crippen LogP) is 1.05. The fourth-order valence-electron chi connectivity index (χ4n) is 2.52. The second kappa shape index (κ2) is 7.56. The molecule has 1 aromatic rings. The Morgan fingerprint density at radius 2 is 2.18 bits per heavy atom. The number of hydrogen-bond donors (Lipinski definition) is 2. The van der Waals surface area contributed by atoms with E-state index in [9.17, 15) is 4.79 Å². The topological polar surface area (TPSA) is 80.5 Å². The van der Waals surface area contributed by atoms with Crippen molar-refractivity contribution in [2.75, 3.05) is 31.2 Å². The molecule has 0 spiro atoms. The molecule has 1 unspecified atom stereocenters. The van der Waals surface area contributed by atoms with Crippen LogP contribution in [0.1, 0.15) is 32.3 Å². The van der Waals surface area contributed by atoms with Crippen LogP contribution in [0.4, 0.5) is 5.82 Å². The molecular weight excluding hydrogens is 280 g/mol. The minimum atomic E-state index is -0.810. The third-order valence-electron chi connectivity index (χ3n) is 3.89. The Kier molecular flexibility index (Phi) is 5.74. The maximum Gasteiger partial charge on any atom is 0.240 e. The van der Waals surface area contributed by atoms with E-state index in [0.29, 0.717) is 13.0 Å². The van der Waals surface area contributed by atoms with Crippen LogP contribution in [0.2, 0.25) is 0 Å². The highest BCUT2D eigenvalue weighted by Gasteiger charge is 2.26. The number of nitrogens with one attached hydrogen (secondary N) is 1. The zero-order valence-electron chi connectivity index (χ0n) is 13.5. The number of nitrogens with zero attached hydrogens (tertiary/aromatic N) is 2. The van der Waals surface area contributed by atoms with Gasteiger partial charge in [0, 0.05) is 25.8 Å². The van der Waals surface area contributed by atoms with Gasteiger partial charge in [0.05, 0.1) is 18.8 Å². The Labute approximate surface area is 132 Å². The number of amides is 1. The summed E-state index contributed by atoms with van der Waals surface area (Å²) in [5.41, 5.74) is 6.17. The number of rotatable bonds is 6. The van der Waals surface area contributed by atoms with E-state index in [4.69, 9.17) is 10.5 Å². The summed E-state index contributed by atoms with van der Waals surface area (Å²) < 4.78 is 5.33. The van der Waals surface area contributed by atoms with Crippen molar-refractivity contribution in [2.45, 2.75) is 38.8 Å². The summed E-state index contributed by atoms with van der Waals surface area (Å²) in [6, 6.07) is 3.98. The first-order valence-corrected chi connectivity index (χ1v) is 7.88. The summed E-state index contributed by atoms with van der Waals surface area (Å²) >= 11 is 0. The summed E-state index contributed by atoms with van der Waals surface area (Å²) in [4.78, 5) is 18.7. The van der Waals surface area contributed by atoms with E-state index in [1.54, 1.807) is 13.1 Å². The Hall–Kier alpha value is -1.66. The molecule has 6 nitrogen and oxygen atoms in total. The molecule has 2 heterocycles. The Morgan fingerprint density at radius 3 is 2.77 bits per heavy atom. The second-order valence-corrected chi connectivity index (χ2v) is 5.97. The molecule has 1 aromatic heterocycles. The lowest BCUT2D eigenvalue weighted by molar-refractivity contribution is -0.126. The molecule has 122 valence electrons. The number of ether oxygens (including phenoxy) is 1. The second-order valence-electron chi connectivity index (χ2n) is 5.97. The molecule has 2 rings (SSSR count). The van der Waals surface area contributed by atoms with E-state index >= 15 is 0 Å². The third kappa shape index (κ3) is 4.42. The number of carbonyl (C=O) groups excluding carboxylic acids is 1. The summed E-state index contributed by atoms with van der Waals surface area (Å²) in [6.45, 7) is 7.46. The SMILES string of the molecule is CCCC(C)(N)C(=O)NCc1ccc(N2CCOCC2)nc1. The smallest absolute Gasteiger partial charge is 0.240 e. The van der Waals surface area contributed by atoms with E-state index in [-0.39, 0.29) is 5.91 Å². The molecule has 0 saturated carbocycles. The summed E-state index contributed by atoms with van der Waals surface area (Å²) in [7, 11) is 0. The molecule has 0 bridgehead atoms. The van der Waals surface area contributed by atoms with Crippen molar-refractivity contribution >= 4 is 11.7 Å². The zero-order chi connectivity index (χ0) is 16.0. The number of aromatic nitrogens is 1. The van der Waals surface area contributed by atoms with Crippen LogP contribution in [0.15, 0.2) is 18.3 Å². The van der Waals surface area contributed by atoms with Crippen molar-refractivity contribution in [1.82, 2.24) is 10.3 Å². The van der Waals surface area contributed by atoms with Gasteiger partial charge in [-0.1, -0.05) is 19.4 Å². The number of carbonyl (C=O) groups is 1. The lowest BCUT2D eigenvalue weighted by Crippen LogP contribution is -2.51. The Balaban J connectivity index is 1.87. The van der Waals surface area contributed by atoms with Crippen LogP contribution in [-0.2, 0) is 16.1 Å². The van der Waals surface area contributed by atoms with Crippen molar-refractivity contribution in [1.29, 1.82) is 0 Å². The van der Waals surface area contributed by atoms with Crippen LogP contribution in [-0.4, -0.2) is 42.7 Å². The fourth-order valence-corrected chi connectivity index (χ4v) is 2.52. The predicted molar refractivity (Wildman–Crippen MR) is 86.6 cm³/mol. The standard InChI is InChI=1S/C16H26N4O2/c1-3-6-16(2,17)15(21)19-12-13-4-5-14(18-11-13)20-7-9-22-10-8-20/h4-5,11H,3,6-10,12,17H2,1-2H3,(H,19,21). The molecule has 3 N–H and O–H groups in total. The molecule has 1 amide bonds. The monoisotopic (exact) mass is 306 g/mol. The van der Waals surface area contributed by atoms with Crippen LogP contribution < -0.4 is 16.0 Å². The van der Waals surface area contributed by atoms with E-state index in [1.807, 2.05) is 19.1 Å². The van der Waals surface area contributed by atoms with Gasteiger partial charge in [0.15, 0.2) is 0 Å². The first kappa shape index (κ1) is 16.7. The van der Waals surface area contributed by atoms with E-state index in [1.165, 1.54) is 0 Å². The van der Waals surface area contributed by atoms with Gasteiger partial charge in [0.1, 0.15) is 5.82 Å². The van der Waals surface area contributed by atoms with Crippen LogP contribution in [0.5, 0.6) is 0 Å². The molecule has 22 heavy (non-hydrogen) atoms. The molecule has 1 aliphatic rings. The molecule has 1 saturated heterocycles. The maximum atomic E-state index is 12.1. The first-order valence-electron chi connectivity index (χ1n) is 7.88. The molecule has 1 fully saturated rings. The van der Waals surface area contributed by atoms with Crippen LogP contribution in [0.3, 0.4) is 0 Å². The van der Waals surface area contributed by atoms with Gasteiger partial charge in [-0.15, -0.1) is 0 Å². The molecule has 1 aliphatic heterocycles. The van der Waals surface area contributed by atoms with Crippen LogP contribution in [0.25, 0.3) is 0 Å². The third-order valence-corrected chi connectivity index (χ3v) is 3.89. The molecule has 0 aromatic carbocycles. The van der Waals surface area contributed by atoms with Gasteiger partial charge in [0.2, 0.25) is 5.91 Å². The minimum absolute atomic E-state index is 0.119. The number of morpholine rings is 1. The lowest BCUT2D eigenvalue weighted by atomic mass is 9.96. The van der Waals surface area contributed by atoms with Gasteiger partial charge >= 0.3 is 0 Å². The van der Waals surface area contributed by atoms with Crippen molar-refractivity contribution in [2.24, 2.45) is 5.73 Å². The highest BCUT2D eigenvalue weighted by Crippen LogP contribution is 2.13. The van der Waals surface area contributed by atoms with Gasteiger partial charge in [0.25, 0.3) is 0 Å². The van der Waals surface area contributed by atoms with Gasteiger partial charge in [-0.3, -0.25) is 4.79 Å². The number of anilines is 1. The quantitative estimate of drug-likeness (QED) is 0.821. The summed E-state index contributed by atoms with van der Waals surface area (Å²) in [6.07, 6.45) is 3.36. The van der Waals surface area contributed by atoms with Crippen LogP contribution in [0, 0.1) is 0 Å². The summed E-state index contributed by atoms with van der Waals surface area (Å²) in [5.74, 6) is 0.833. The average Bonchev–Trinajstić information content (AvgIpc) is 2.54. The van der Waals surface area contributed by atoms with Gasteiger partial charge in [-0.25, -0.2) is 4.98 Å². The molecular formula is C16H26N4O2. The Bertz CT molecular complexity index is 481. The average molecular weight is 306 g/mol. The fraction of sp³-hybridized carbons (Fsp3) is 0.625. The van der Waals surface area contributed by atoms with E-state index in [2.05, 4.69) is 15.2 Å². The van der Waals surface area contributed by atoms with Crippen molar-refractivity contribution < 1.29 is 9.53 Å². The highest BCUT2D eigenvalue weighted by atomic mass is 16.5. The van der Waals surface area contributed by atoms with E-state index < -0.39 is 5.54 Å². The van der Waals surface area contributed by atoms with Gasteiger partial charge in [-0.05, 0) is 25.0 Å². The minimum Gasteiger partial charge on any atom is -0.378 e. The lowest BCUT2D eigenvalue weighted by Gasteiger charge is -2.27. The van der Waals surface area contributed by atoms with Crippen molar-refractivity contribution in [3.8, 4) is 0 Å². The number of nitrogens with two attached hydrogens (primary N) is 1. The molecule has 6 heteroatoms. The number of hydrogen-bond acceptors (Lipinski definition) is 5. The molecule has 0 aliphatic carbocycles. The first-order chi connectivity index (χ1) is 10.5. The Morgan fingerprint density at radius 1 is 1.45 bits per heavy atom. The van der Waals surface area contributed by atoms with Crippen molar-refractivity contribution in [3.63, 3.8) is 0 Å². The summed E-state index contributed by atoms with van der Waals surface area (Å²) in [5, 5.41) is 2.89. The van der Waals surface area contributed by atoms with Gasteiger partial charge < -0.3 is 20.7 Å². The zero-order valence-corrected chi connectivity index (χ0v) is 13.5. The molecule has 0 radical (unpaired) electrons. The maximum absolute atomic E-state index is 12.1. The normalized spacial score (nSPS) is 17.9. The number of pyridine rings is 1. The van der Waals surface area contributed by atoms with Crippen molar-refractivity contribution in [3.05, 3.63) is 23.9 Å².